The Kier molecular flexibility index (Phi) is 4.36. The molecule has 0 saturated carbocycles. The van der Waals surface area contributed by atoms with Crippen molar-refractivity contribution >= 4 is 10.0 Å². The van der Waals surface area contributed by atoms with Crippen LogP contribution in [0.25, 0.3) is 0 Å². The molecule has 2 N–H and O–H groups in total. The van der Waals surface area contributed by atoms with E-state index in [4.69, 9.17) is 0 Å². The molecule has 1 unspecified atom stereocenters. The molecular weight excluding hydrogens is 252 g/mol. The van der Waals surface area contributed by atoms with Crippen molar-refractivity contribution in [3.05, 3.63) is 18.0 Å². The minimum atomic E-state index is -3.19. The van der Waals surface area contributed by atoms with Crippen molar-refractivity contribution in [1.29, 1.82) is 0 Å². The highest BCUT2D eigenvalue weighted by atomic mass is 32.2. The summed E-state index contributed by atoms with van der Waals surface area (Å²) in [5.74, 6) is 0. The number of piperidine rings is 1. The summed E-state index contributed by atoms with van der Waals surface area (Å²) >= 11 is 0. The molecule has 1 aromatic rings. The van der Waals surface area contributed by atoms with Gasteiger partial charge >= 0.3 is 0 Å². The van der Waals surface area contributed by atoms with Gasteiger partial charge in [-0.05, 0) is 25.5 Å². The maximum atomic E-state index is 12.0. The van der Waals surface area contributed by atoms with Crippen LogP contribution in [0.1, 0.15) is 18.5 Å². The second kappa shape index (κ2) is 5.81. The van der Waals surface area contributed by atoms with E-state index < -0.39 is 10.0 Å². The molecule has 2 heterocycles. The van der Waals surface area contributed by atoms with Crippen molar-refractivity contribution < 1.29 is 8.42 Å². The van der Waals surface area contributed by atoms with Crippen molar-refractivity contribution in [3.8, 4) is 0 Å². The minimum Gasteiger partial charge on any atom is -0.315 e. The summed E-state index contributed by atoms with van der Waals surface area (Å²) in [7, 11) is -1.35. The second-order valence-corrected chi connectivity index (χ2v) is 6.68. The summed E-state index contributed by atoms with van der Waals surface area (Å²) < 4.78 is 28.4. The summed E-state index contributed by atoms with van der Waals surface area (Å²) in [6.45, 7) is 1.88. The number of hydrogen-bond donors (Lipinski definition) is 2. The first-order valence-corrected chi connectivity index (χ1v) is 7.80. The van der Waals surface area contributed by atoms with E-state index >= 15 is 0 Å². The van der Waals surface area contributed by atoms with Gasteiger partial charge in [0.25, 0.3) is 0 Å². The van der Waals surface area contributed by atoms with Gasteiger partial charge in [-0.2, -0.15) is 5.10 Å². The Hall–Kier alpha value is -0.920. The average molecular weight is 272 g/mol. The quantitative estimate of drug-likeness (QED) is 0.767. The standard InChI is InChI=1S/C11H20N4O2S/c1-15-8-5-10(14-15)4-7-13-18(16,17)11-3-2-6-12-9-11/h5,8,11-13H,2-4,6-7,9H2,1H3. The van der Waals surface area contributed by atoms with Crippen LogP contribution < -0.4 is 10.0 Å². The van der Waals surface area contributed by atoms with Gasteiger partial charge in [-0.3, -0.25) is 4.68 Å². The Morgan fingerprint density at radius 3 is 3.06 bits per heavy atom. The Labute approximate surface area is 108 Å². The summed E-state index contributed by atoms with van der Waals surface area (Å²) in [4.78, 5) is 0. The van der Waals surface area contributed by atoms with E-state index in [9.17, 15) is 8.42 Å². The topological polar surface area (TPSA) is 76.0 Å². The van der Waals surface area contributed by atoms with Gasteiger partial charge in [0.05, 0.1) is 10.9 Å². The molecule has 0 aromatic carbocycles. The number of sulfonamides is 1. The molecule has 7 heteroatoms. The second-order valence-electron chi connectivity index (χ2n) is 4.64. The van der Waals surface area contributed by atoms with Crippen LogP contribution in [0, 0.1) is 0 Å². The predicted octanol–water partition coefficient (Wildman–Crippen LogP) is -0.366. The molecule has 0 aliphatic carbocycles. The predicted molar refractivity (Wildman–Crippen MR) is 69.7 cm³/mol. The van der Waals surface area contributed by atoms with Gasteiger partial charge in [-0.1, -0.05) is 0 Å². The Balaban J connectivity index is 1.81. The van der Waals surface area contributed by atoms with E-state index in [-0.39, 0.29) is 5.25 Å². The summed E-state index contributed by atoms with van der Waals surface area (Å²) in [6.07, 6.45) is 4.15. The molecule has 6 nitrogen and oxygen atoms in total. The van der Waals surface area contributed by atoms with E-state index in [0.717, 1.165) is 25.1 Å². The summed E-state index contributed by atoms with van der Waals surface area (Å²) in [5.41, 5.74) is 0.905. The lowest BCUT2D eigenvalue weighted by molar-refractivity contribution is 0.490. The van der Waals surface area contributed by atoms with Gasteiger partial charge in [-0.25, -0.2) is 13.1 Å². The van der Waals surface area contributed by atoms with Crippen LogP contribution in [0.2, 0.25) is 0 Å². The van der Waals surface area contributed by atoms with Gasteiger partial charge in [0.1, 0.15) is 0 Å². The van der Waals surface area contributed by atoms with Gasteiger partial charge in [0.2, 0.25) is 10.0 Å². The zero-order chi connectivity index (χ0) is 13.0. The first kappa shape index (κ1) is 13.5. The maximum Gasteiger partial charge on any atom is 0.215 e. The van der Waals surface area contributed by atoms with Crippen LogP contribution in [-0.4, -0.2) is 43.1 Å². The third-order valence-electron chi connectivity index (χ3n) is 3.14. The zero-order valence-electron chi connectivity index (χ0n) is 10.6. The minimum absolute atomic E-state index is 0.296. The smallest absolute Gasteiger partial charge is 0.215 e. The number of aromatic nitrogens is 2. The number of hydrogen-bond acceptors (Lipinski definition) is 4. The van der Waals surface area contributed by atoms with Crippen molar-refractivity contribution in [3.63, 3.8) is 0 Å². The molecule has 0 radical (unpaired) electrons. The SMILES string of the molecule is Cn1ccc(CCNS(=O)(=O)C2CCCNC2)n1. The maximum absolute atomic E-state index is 12.0. The molecule has 102 valence electrons. The van der Waals surface area contributed by atoms with Gasteiger partial charge < -0.3 is 5.32 Å². The number of rotatable bonds is 5. The Morgan fingerprint density at radius 1 is 1.61 bits per heavy atom. The van der Waals surface area contributed by atoms with E-state index in [1.165, 1.54) is 0 Å². The number of nitrogens with one attached hydrogen (secondary N) is 2. The van der Waals surface area contributed by atoms with Gasteiger partial charge in [0.15, 0.2) is 0 Å². The molecule has 1 atom stereocenters. The molecule has 1 fully saturated rings. The van der Waals surface area contributed by atoms with Gasteiger partial charge in [0, 0.05) is 32.8 Å². The van der Waals surface area contributed by atoms with Crippen LogP contribution in [0.3, 0.4) is 0 Å². The molecule has 2 rings (SSSR count). The third-order valence-corrected chi connectivity index (χ3v) is 5.03. The van der Waals surface area contributed by atoms with Crippen molar-refractivity contribution in [2.75, 3.05) is 19.6 Å². The lowest BCUT2D eigenvalue weighted by Gasteiger charge is -2.22. The van der Waals surface area contributed by atoms with Crippen molar-refractivity contribution in [1.82, 2.24) is 19.8 Å². The fraction of sp³-hybridized carbons (Fsp3) is 0.727. The third kappa shape index (κ3) is 3.54. The molecule has 1 aliphatic heterocycles. The zero-order valence-corrected chi connectivity index (χ0v) is 11.4. The van der Waals surface area contributed by atoms with E-state index in [1.54, 1.807) is 4.68 Å². The van der Waals surface area contributed by atoms with E-state index in [2.05, 4.69) is 15.1 Å². The molecule has 0 bridgehead atoms. The van der Waals surface area contributed by atoms with Crippen LogP contribution in [0.15, 0.2) is 12.3 Å². The molecule has 18 heavy (non-hydrogen) atoms. The van der Waals surface area contributed by atoms with Crippen molar-refractivity contribution in [2.45, 2.75) is 24.5 Å². The number of nitrogens with zero attached hydrogens (tertiary/aromatic N) is 2. The highest BCUT2D eigenvalue weighted by molar-refractivity contribution is 7.90. The molecule has 0 amide bonds. The Morgan fingerprint density at radius 2 is 2.44 bits per heavy atom. The fourth-order valence-corrected chi connectivity index (χ4v) is 3.56. The summed E-state index contributed by atoms with van der Waals surface area (Å²) in [5, 5.41) is 7.03. The molecule has 1 aromatic heterocycles. The van der Waals surface area contributed by atoms with Crippen LogP contribution in [0.4, 0.5) is 0 Å². The lowest BCUT2D eigenvalue weighted by atomic mass is 10.2. The number of aryl methyl sites for hydroxylation is 1. The monoisotopic (exact) mass is 272 g/mol. The largest absolute Gasteiger partial charge is 0.315 e. The summed E-state index contributed by atoms with van der Waals surface area (Å²) in [6, 6.07) is 1.90. The molecular formula is C11H20N4O2S. The van der Waals surface area contributed by atoms with Crippen molar-refractivity contribution in [2.24, 2.45) is 7.05 Å². The highest BCUT2D eigenvalue weighted by Crippen LogP contribution is 2.10. The Bertz CT molecular complexity index is 477. The normalized spacial score (nSPS) is 21.1. The molecule has 1 aliphatic rings. The highest BCUT2D eigenvalue weighted by Gasteiger charge is 2.26. The first-order valence-electron chi connectivity index (χ1n) is 6.25. The average Bonchev–Trinajstić information content (AvgIpc) is 2.76. The van der Waals surface area contributed by atoms with Crippen LogP contribution >= 0.6 is 0 Å². The van der Waals surface area contributed by atoms with Gasteiger partial charge in [-0.15, -0.1) is 0 Å². The molecule has 0 spiro atoms. The van der Waals surface area contributed by atoms with E-state index in [0.29, 0.717) is 19.5 Å². The molecule has 1 saturated heterocycles. The van der Waals surface area contributed by atoms with Crippen LogP contribution in [-0.2, 0) is 23.5 Å². The first-order chi connectivity index (χ1) is 8.58. The lowest BCUT2D eigenvalue weighted by Crippen LogP contribution is -2.44. The van der Waals surface area contributed by atoms with Crippen LogP contribution in [0.5, 0.6) is 0 Å². The van der Waals surface area contributed by atoms with E-state index in [1.807, 2.05) is 19.3 Å². The fourth-order valence-electron chi connectivity index (χ4n) is 2.12.